The van der Waals surface area contributed by atoms with E-state index in [0.29, 0.717) is 6.04 Å². The Bertz CT molecular complexity index is 362. The van der Waals surface area contributed by atoms with Crippen LogP contribution in [-0.4, -0.2) is 33.6 Å². The molecule has 1 fully saturated rings. The third-order valence-electron chi connectivity index (χ3n) is 3.54. The highest BCUT2D eigenvalue weighted by Gasteiger charge is 2.23. The molecule has 0 bridgehead atoms. The van der Waals surface area contributed by atoms with Gasteiger partial charge in [-0.05, 0) is 52.1 Å². The summed E-state index contributed by atoms with van der Waals surface area (Å²) in [7, 11) is 0. The zero-order chi connectivity index (χ0) is 12.3. The molecule has 2 N–H and O–H groups in total. The Morgan fingerprint density at radius 1 is 1.47 bits per heavy atom. The van der Waals surface area contributed by atoms with E-state index in [1.165, 1.54) is 5.69 Å². The molecule has 4 heteroatoms. The smallest absolute Gasteiger partial charge is 0.0693 e. The van der Waals surface area contributed by atoms with Crippen molar-refractivity contribution in [3.05, 3.63) is 17.5 Å². The van der Waals surface area contributed by atoms with Crippen molar-refractivity contribution in [2.45, 2.75) is 58.2 Å². The van der Waals surface area contributed by atoms with Crippen LogP contribution in [0.25, 0.3) is 0 Å². The molecule has 2 atom stereocenters. The van der Waals surface area contributed by atoms with Crippen molar-refractivity contribution in [3.8, 4) is 0 Å². The summed E-state index contributed by atoms with van der Waals surface area (Å²) in [5.41, 5.74) is 2.31. The molecular weight excluding hydrogens is 214 g/mol. The van der Waals surface area contributed by atoms with Crippen LogP contribution in [0.2, 0.25) is 0 Å². The van der Waals surface area contributed by atoms with Crippen molar-refractivity contribution in [2.75, 3.05) is 6.54 Å². The van der Waals surface area contributed by atoms with Gasteiger partial charge in [0.1, 0.15) is 0 Å². The molecule has 1 aromatic rings. The standard InChI is InChI=1S/C13H23N3O/c1-10-9-11(2)16(15-10)8-4-7-14-12-5-3-6-13(12)17/h9,12-14,17H,3-8H2,1-2H3/t12-,13-/m0/s1. The topological polar surface area (TPSA) is 50.1 Å². The minimum Gasteiger partial charge on any atom is -0.392 e. The molecule has 17 heavy (non-hydrogen) atoms. The maximum Gasteiger partial charge on any atom is 0.0693 e. The second-order valence-corrected chi connectivity index (χ2v) is 5.06. The monoisotopic (exact) mass is 237 g/mol. The first-order valence-electron chi connectivity index (χ1n) is 6.59. The molecule has 0 amide bonds. The maximum atomic E-state index is 9.67. The number of hydrogen-bond acceptors (Lipinski definition) is 3. The molecule has 0 saturated heterocycles. The molecule has 0 aliphatic heterocycles. The Morgan fingerprint density at radius 3 is 2.88 bits per heavy atom. The van der Waals surface area contributed by atoms with E-state index in [1.807, 2.05) is 6.92 Å². The second kappa shape index (κ2) is 5.65. The van der Waals surface area contributed by atoms with Crippen molar-refractivity contribution in [1.29, 1.82) is 0 Å². The van der Waals surface area contributed by atoms with Gasteiger partial charge in [-0.3, -0.25) is 4.68 Å². The molecule has 2 rings (SSSR count). The van der Waals surface area contributed by atoms with Gasteiger partial charge in [0.15, 0.2) is 0 Å². The normalized spacial score (nSPS) is 24.4. The van der Waals surface area contributed by atoms with E-state index in [9.17, 15) is 5.11 Å². The number of aryl methyl sites for hydroxylation is 3. The number of hydrogen-bond donors (Lipinski definition) is 2. The lowest BCUT2D eigenvalue weighted by atomic mass is 10.2. The lowest BCUT2D eigenvalue weighted by Gasteiger charge is -2.16. The lowest BCUT2D eigenvalue weighted by molar-refractivity contribution is 0.149. The van der Waals surface area contributed by atoms with E-state index >= 15 is 0 Å². The van der Waals surface area contributed by atoms with Gasteiger partial charge in [0.25, 0.3) is 0 Å². The highest BCUT2D eigenvalue weighted by atomic mass is 16.3. The van der Waals surface area contributed by atoms with Crippen molar-refractivity contribution >= 4 is 0 Å². The van der Waals surface area contributed by atoms with Crippen LogP contribution in [0, 0.1) is 13.8 Å². The van der Waals surface area contributed by atoms with Crippen LogP contribution in [0.4, 0.5) is 0 Å². The fourth-order valence-corrected chi connectivity index (χ4v) is 2.60. The van der Waals surface area contributed by atoms with E-state index in [0.717, 1.165) is 44.5 Å². The van der Waals surface area contributed by atoms with Gasteiger partial charge in [0, 0.05) is 18.3 Å². The van der Waals surface area contributed by atoms with Gasteiger partial charge >= 0.3 is 0 Å². The van der Waals surface area contributed by atoms with Gasteiger partial charge in [-0.1, -0.05) is 0 Å². The summed E-state index contributed by atoms with van der Waals surface area (Å²) in [4.78, 5) is 0. The molecule has 0 unspecified atom stereocenters. The number of aliphatic hydroxyl groups is 1. The molecule has 1 heterocycles. The van der Waals surface area contributed by atoms with Gasteiger partial charge in [0.2, 0.25) is 0 Å². The number of nitrogens with one attached hydrogen (secondary N) is 1. The molecule has 1 aliphatic carbocycles. The summed E-state index contributed by atoms with van der Waals surface area (Å²) in [5.74, 6) is 0. The highest BCUT2D eigenvalue weighted by Crippen LogP contribution is 2.18. The lowest BCUT2D eigenvalue weighted by Crippen LogP contribution is -2.36. The van der Waals surface area contributed by atoms with Gasteiger partial charge in [-0.2, -0.15) is 5.10 Å². The van der Waals surface area contributed by atoms with Gasteiger partial charge in [-0.25, -0.2) is 0 Å². The minimum atomic E-state index is -0.135. The van der Waals surface area contributed by atoms with Crippen LogP contribution in [0.3, 0.4) is 0 Å². The first-order valence-corrected chi connectivity index (χ1v) is 6.59. The summed E-state index contributed by atoms with van der Waals surface area (Å²) in [6.45, 7) is 6.03. The fraction of sp³-hybridized carbons (Fsp3) is 0.769. The number of aromatic nitrogens is 2. The summed E-state index contributed by atoms with van der Waals surface area (Å²) in [6.07, 6.45) is 4.14. The molecule has 0 radical (unpaired) electrons. The fourth-order valence-electron chi connectivity index (χ4n) is 2.60. The molecule has 0 spiro atoms. The molecule has 1 saturated carbocycles. The van der Waals surface area contributed by atoms with Gasteiger partial charge in [0.05, 0.1) is 11.8 Å². The van der Waals surface area contributed by atoms with E-state index in [-0.39, 0.29) is 6.10 Å². The largest absolute Gasteiger partial charge is 0.392 e. The first-order chi connectivity index (χ1) is 8.16. The zero-order valence-corrected chi connectivity index (χ0v) is 10.8. The third kappa shape index (κ3) is 3.30. The molecule has 96 valence electrons. The van der Waals surface area contributed by atoms with Crippen LogP contribution < -0.4 is 5.32 Å². The van der Waals surface area contributed by atoms with Crippen LogP contribution in [-0.2, 0) is 6.54 Å². The third-order valence-corrected chi connectivity index (χ3v) is 3.54. The maximum absolute atomic E-state index is 9.67. The van der Waals surface area contributed by atoms with Crippen LogP contribution >= 0.6 is 0 Å². The first kappa shape index (κ1) is 12.6. The highest BCUT2D eigenvalue weighted by molar-refractivity contribution is 5.06. The Labute approximate surface area is 103 Å². The molecule has 1 aliphatic rings. The van der Waals surface area contributed by atoms with E-state index in [4.69, 9.17) is 0 Å². The minimum absolute atomic E-state index is 0.135. The predicted octanol–water partition coefficient (Wildman–Crippen LogP) is 1.39. The average molecular weight is 237 g/mol. The summed E-state index contributed by atoms with van der Waals surface area (Å²) in [6, 6.07) is 2.42. The zero-order valence-electron chi connectivity index (χ0n) is 10.8. The summed E-state index contributed by atoms with van der Waals surface area (Å²) in [5, 5.41) is 17.5. The average Bonchev–Trinajstić information content (AvgIpc) is 2.81. The predicted molar refractivity (Wildman–Crippen MR) is 68.0 cm³/mol. The Kier molecular flexibility index (Phi) is 4.18. The molecule has 1 aromatic heterocycles. The molecular formula is C13H23N3O. The van der Waals surface area contributed by atoms with Crippen molar-refractivity contribution in [1.82, 2.24) is 15.1 Å². The molecule has 4 nitrogen and oxygen atoms in total. The van der Waals surface area contributed by atoms with Gasteiger partial charge < -0.3 is 10.4 Å². The Hall–Kier alpha value is -0.870. The summed E-state index contributed by atoms with van der Waals surface area (Å²) >= 11 is 0. The Morgan fingerprint density at radius 2 is 2.29 bits per heavy atom. The number of nitrogens with zero attached hydrogens (tertiary/aromatic N) is 2. The second-order valence-electron chi connectivity index (χ2n) is 5.06. The van der Waals surface area contributed by atoms with E-state index < -0.39 is 0 Å². The van der Waals surface area contributed by atoms with Gasteiger partial charge in [-0.15, -0.1) is 0 Å². The van der Waals surface area contributed by atoms with Crippen molar-refractivity contribution in [3.63, 3.8) is 0 Å². The van der Waals surface area contributed by atoms with Crippen molar-refractivity contribution in [2.24, 2.45) is 0 Å². The van der Waals surface area contributed by atoms with Crippen LogP contribution in [0.5, 0.6) is 0 Å². The summed E-state index contributed by atoms with van der Waals surface area (Å²) < 4.78 is 2.06. The van der Waals surface area contributed by atoms with E-state index in [2.05, 4.69) is 28.1 Å². The quantitative estimate of drug-likeness (QED) is 0.761. The van der Waals surface area contributed by atoms with E-state index in [1.54, 1.807) is 0 Å². The van der Waals surface area contributed by atoms with Crippen molar-refractivity contribution < 1.29 is 5.11 Å². The number of rotatable bonds is 5. The number of aliphatic hydroxyl groups excluding tert-OH is 1. The van der Waals surface area contributed by atoms with Crippen LogP contribution in [0.15, 0.2) is 6.07 Å². The molecule has 0 aromatic carbocycles. The Balaban J connectivity index is 1.68. The van der Waals surface area contributed by atoms with Crippen LogP contribution in [0.1, 0.15) is 37.1 Å². The SMILES string of the molecule is Cc1cc(C)n(CCCN[C@H]2CCC[C@@H]2O)n1.